The molecule has 24 heavy (non-hydrogen) atoms. The molecular formula is C18H23FN2O2S. The first-order valence-corrected chi connectivity index (χ1v) is 10.1. The Bertz CT molecular complexity index is 764. The maximum absolute atomic E-state index is 13.4. The van der Waals surface area contributed by atoms with Gasteiger partial charge < -0.3 is 0 Å². The Kier molecular flexibility index (Phi) is 4.67. The molecule has 3 rings (SSSR count). The van der Waals surface area contributed by atoms with Gasteiger partial charge in [0.2, 0.25) is 10.0 Å². The second-order valence-corrected chi connectivity index (χ2v) is 9.05. The van der Waals surface area contributed by atoms with Crippen molar-refractivity contribution in [1.29, 1.82) is 5.26 Å². The quantitative estimate of drug-likeness (QED) is 0.832. The van der Waals surface area contributed by atoms with Crippen LogP contribution in [0.2, 0.25) is 0 Å². The number of rotatable bonds is 4. The number of sulfonamides is 1. The van der Waals surface area contributed by atoms with Crippen molar-refractivity contribution in [2.45, 2.75) is 51.5 Å². The van der Waals surface area contributed by atoms with Crippen LogP contribution in [-0.4, -0.2) is 25.0 Å². The minimum Gasteiger partial charge on any atom is -0.212 e. The van der Waals surface area contributed by atoms with Crippen molar-refractivity contribution in [2.24, 2.45) is 5.41 Å². The lowest BCUT2D eigenvalue weighted by Gasteiger charge is -2.29. The fraction of sp³-hybridized carbons (Fsp3) is 0.611. The maximum Gasteiger partial charge on any atom is 0.216 e. The van der Waals surface area contributed by atoms with Crippen LogP contribution in [0.1, 0.15) is 55.7 Å². The molecule has 1 saturated heterocycles. The Morgan fingerprint density at radius 3 is 2.67 bits per heavy atom. The van der Waals surface area contributed by atoms with Gasteiger partial charge in [0.15, 0.2) is 0 Å². The van der Waals surface area contributed by atoms with Crippen LogP contribution in [-0.2, 0) is 10.0 Å². The van der Waals surface area contributed by atoms with Crippen LogP contribution in [0.5, 0.6) is 0 Å². The first-order valence-electron chi connectivity index (χ1n) is 8.54. The minimum atomic E-state index is -3.52. The van der Waals surface area contributed by atoms with Gasteiger partial charge in [0.05, 0.1) is 17.2 Å². The third-order valence-electron chi connectivity index (χ3n) is 5.41. The fourth-order valence-corrected chi connectivity index (χ4v) is 6.40. The fourth-order valence-electron chi connectivity index (χ4n) is 4.17. The van der Waals surface area contributed by atoms with Crippen molar-refractivity contribution in [3.05, 3.63) is 35.1 Å². The highest BCUT2D eigenvalue weighted by Crippen LogP contribution is 2.42. The van der Waals surface area contributed by atoms with Gasteiger partial charge in [-0.3, -0.25) is 0 Å². The monoisotopic (exact) mass is 350 g/mol. The van der Waals surface area contributed by atoms with E-state index in [0.717, 1.165) is 36.8 Å². The molecule has 130 valence electrons. The third kappa shape index (κ3) is 3.20. The van der Waals surface area contributed by atoms with Gasteiger partial charge in [0.25, 0.3) is 0 Å². The molecule has 0 N–H and O–H groups in total. The lowest BCUT2D eigenvalue weighted by atomic mass is 9.91. The van der Waals surface area contributed by atoms with Crippen LogP contribution in [0.15, 0.2) is 18.2 Å². The molecule has 0 bridgehead atoms. The summed E-state index contributed by atoms with van der Waals surface area (Å²) in [6.07, 6.45) is 4.70. The van der Waals surface area contributed by atoms with E-state index in [9.17, 15) is 18.1 Å². The standard InChI is InChI=1S/C18H23FN2O2S/c1-14-11-15(19)6-7-16(14)17-5-4-10-21(17)24(22,23)13-18(12-20)8-2-3-9-18/h6-7,11,17H,2-5,8-10,13H2,1H3. The van der Waals surface area contributed by atoms with Crippen molar-refractivity contribution in [1.82, 2.24) is 4.31 Å². The lowest BCUT2D eigenvalue weighted by molar-refractivity contribution is 0.375. The molecule has 2 aliphatic rings. The summed E-state index contributed by atoms with van der Waals surface area (Å²) in [6, 6.07) is 6.56. The van der Waals surface area contributed by atoms with Crippen LogP contribution in [0.3, 0.4) is 0 Å². The van der Waals surface area contributed by atoms with Crippen molar-refractivity contribution in [3.63, 3.8) is 0 Å². The van der Waals surface area contributed by atoms with Crippen LogP contribution in [0.4, 0.5) is 4.39 Å². The zero-order chi connectivity index (χ0) is 17.4. The Balaban J connectivity index is 1.88. The third-order valence-corrected chi connectivity index (χ3v) is 7.48. The zero-order valence-electron chi connectivity index (χ0n) is 14.0. The number of nitriles is 1. The molecule has 1 aromatic rings. The Morgan fingerprint density at radius 1 is 1.33 bits per heavy atom. The average molecular weight is 350 g/mol. The number of halogens is 1. The van der Waals surface area contributed by atoms with Crippen LogP contribution >= 0.6 is 0 Å². The molecule has 0 radical (unpaired) electrons. The molecular weight excluding hydrogens is 327 g/mol. The summed E-state index contributed by atoms with van der Waals surface area (Å²) >= 11 is 0. The van der Waals surface area contributed by atoms with Crippen molar-refractivity contribution in [2.75, 3.05) is 12.3 Å². The summed E-state index contributed by atoms with van der Waals surface area (Å²) in [6.45, 7) is 2.29. The topological polar surface area (TPSA) is 61.2 Å². The number of benzene rings is 1. The van der Waals surface area contributed by atoms with Crippen molar-refractivity contribution < 1.29 is 12.8 Å². The van der Waals surface area contributed by atoms with E-state index in [0.29, 0.717) is 19.4 Å². The lowest BCUT2D eigenvalue weighted by Crippen LogP contribution is -2.38. The van der Waals surface area contributed by atoms with E-state index in [1.54, 1.807) is 10.4 Å². The molecule has 4 nitrogen and oxygen atoms in total. The van der Waals surface area contributed by atoms with E-state index in [2.05, 4.69) is 6.07 Å². The molecule has 1 aliphatic heterocycles. The van der Waals surface area contributed by atoms with Gasteiger partial charge in [-0.15, -0.1) is 0 Å². The summed E-state index contributed by atoms with van der Waals surface area (Å²) in [5.41, 5.74) is 0.914. The van der Waals surface area contributed by atoms with E-state index < -0.39 is 15.4 Å². The molecule has 0 amide bonds. The van der Waals surface area contributed by atoms with Crippen LogP contribution in [0, 0.1) is 29.5 Å². The number of nitrogens with zero attached hydrogens (tertiary/aromatic N) is 2. The van der Waals surface area contributed by atoms with Crippen LogP contribution in [0.25, 0.3) is 0 Å². The molecule has 1 aliphatic carbocycles. The van der Waals surface area contributed by atoms with Gasteiger partial charge in [0.1, 0.15) is 5.82 Å². The molecule has 1 heterocycles. The molecule has 0 spiro atoms. The second kappa shape index (κ2) is 6.45. The molecule has 1 saturated carbocycles. The largest absolute Gasteiger partial charge is 0.216 e. The van der Waals surface area contributed by atoms with E-state index in [1.165, 1.54) is 12.1 Å². The number of hydrogen-bond donors (Lipinski definition) is 0. The molecule has 1 unspecified atom stereocenters. The first-order chi connectivity index (χ1) is 11.4. The molecule has 1 aromatic carbocycles. The van der Waals surface area contributed by atoms with E-state index in [1.807, 2.05) is 6.92 Å². The smallest absolute Gasteiger partial charge is 0.212 e. The summed E-state index contributed by atoms with van der Waals surface area (Å²) in [5.74, 6) is -0.397. The van der Waals surface area contributed by atoms with E-state index in [4.69, 9.17) is 0 Å². The summed E-state index contributed by atoms with van der Waals surface area (Å²) < 4.78 is 40.9. The SMILES string of the molecule is Cc1cc(F)ccc1C1CCCN1S(=O)(=O)CC1(C#N)CCCC1. The molecule has 2 fully saturated rings. The zero-order valence-corrected chi connectivity index (χ0v) is 14.8. The van der Waals surface area contributed by atoms with Gasteiger partial charge in [-0.1, -0.05) is 18.9 Å². The van der Waals surface area contributed by atoms with Gasteiger partial charge >= 0.3 is 0 Å². The van der Waals surface area contributed by atoms with Crippen molar-refractivity contribution in [3.8, 4) is 6.07 Å². The number of aryl methyl sites for hydroxylation is 1. The minimum absolute atomic E-state index is 0.0900. The van der Waals surface area contributed by atoms with Crippen LogP contribution < -0.4 is 0 Å². The maximum atomic E-state index is 13.4. The molecule has 1 atom stereocenters. The highest BCUT2D eigenvalue weighted by atomic mass is 32.2. The normalized spacial score (nSPS) is 24.1. The predicted octanol–water partition coefficient (Wildman–Crippen LogP) is 3.68. The Morgan fingerprint density at radius 2 is 2.04 bits per heavy atom. The van der Waals surface area contributed by atoms with Crippen molar-refractivity contribution >= 4 is 10.0 Å². The van der Waals surface area contributed by atoms with Gasteiger partial charge in [0, 0.05) is 12.6 Å². The average Bonchev–Trinajstić information content (AvgIpc) is 3.17. The molecule has 6 heteroatoms. The summed E-state index contributed by atoms with van der Waals surface area (Å²) in [4.78, 5) is 0. The summed E-state index contributed by atoms with van der Waals surface area (Å²) in [5, 5.41) is 9.51. The van der Waals surface area contributed by atoms with Gasteiger partial charge in [-0.2, -0.15) is 9.57 Å². The highest BCUT2D eigenvalue weighted by Gasteiger charge is 2.43. The Labute approximate surface area is 143 Å². The molecule has 0 aromatic heterocycles. The van der Waals surface area contributed by atoms with Gasteiger partial charge in [-0.05, 0) is 55.9 Å². The predicted molar refractivity (Wildman–Crippen MR) is 90.1 cm³/mol. The summed E-state index contributed by atoms with van der Waals surface area (Å²) in [7, 11) is -3.52. The Hall–Kier alpha value is -1.45. The first kappa shape index (κ1) is 17.4. The second-order valence-electron chi connectivity index (χ2n) is 7.13. The van der Waals surface area contributed by atoms with E-state index >= 15 is 0 Å². The number of hydrogen-bond acceptors (Lipinski definition) is 3. The highest BCUT2D eigenvalue weighted by molar-refractivity contribution is 7.89. The van der Waals surface area contributed by atoms with Gasteiger partial charge in [-0.25, -0.2) is 12.8 Å². The van der Waals surface area contributed by atoms with E-state index in [-0.39, 0.29) is 17.6 Å².